The minimum atomic E-state index is -0.452. The Bertz CT molecular complexity index is 549. The summed E-state index contributed by atoms with van der Waals surface area (Å²) in [5.41, 5.74) is 3.64. The molecule has 1 N–H and O–H groups in total. The summed E-state index contributed by atoms with van der Waals surface area (Å²) in [6, 6.07) is 18.7. The van der Waals surface area contributed by atoms with Crippen LogP contribution in [0.4, 0.5) is 0 Å². The minimum absolute atomic E-state index is 0.145. The Hall–Kier alpha value is -1.60. The van der Waals surface area contributed by atoms with Crippen LogP contribution in [-0.4, -0.2) is 5.11 Å². The molecule has 0 amide bonds. The van der Waals surface area contributed by atoms with Crippen LogP contribution in [0.25, 0.3) is 0 Å². The lowest BCUT2D eigenvalue weighted by atomic mass is 9.84. The molecule has 2 rings (SSSR count). The highest BCUT2D eigenvalue weighted by Gasteiger charge is 2.21. The zero-order valence-corrected chi connectivity index (χ0v) is 13.5. The Morgan fingerprint density at radius 3 is 1.90 bits per heavy atom. The summed E-state index contributed by atoms with van der Waals surface area (Å²) in [7, 11) is 0. The molecule has 21 heavy (non-hydrogen) atoms. The average molecular weight is 282 g/mol. The first kappa shape index (κ1) is 15.8. The van der Waals surface area contributed by atoms with E-state index in [0.29, 0.717) is 0 Å². The number of rotatable bonds is 4. The molecule has 2 aromatic rings. The van der Waals surface area contributed by atoms with E-state index in [1.54, 1.807) is 0 Å². The van der Waals surface area contributed by atoms with Gasteiger partial charge in [-0.1, -0.05) is 82.3 Å². The van der Waals surface area contributed by atoms with Gasteiger partial charge in [0.05, 0.1) is 6.10 Å². The van der Waals surface area contributed by atoms with Crippen molar-refractivity contribution >= 4 is 0 Å². The second-order valence-electron chi connectivity index (χ2n) is 6.74. The molecule has 0 bridgehead atoms. The molecular weight excluding hydrogens is 256 g/mol. The first-order chi connectivity index (χ1) is 9.93. The van der Waals surface area contributed by atoms with Crippen LogP contribution < -0.4 is 0 Å². The van der Waals surface area contributed by atoms with Crippen LogP contribution in [-0.2, 0) is 5.41 Å². The maximum Gasteiger partial charge on any atom is 0.0858 e. The number of hydrogen-bond acceptors (Lipinski definition) is 1. The predicted molar refractivity (Wildman–Crippen MR) is 89.6 cm³/mol. The molecule has 112 valence electrons. The molecule has 0 radical (unpaired) electrons. The van der Waals surface area contributed by atoms with Gasteiger partial charge in [0, 0.05) is 5.92 Å². The number of benzene rings is 2. The molecule has 0 saturated carbocycles. The van der Waals surface area contributed by atoms with Crippen molar-refractivity contribution in [3.63, 3.8) is 0 Å². The fraction of sp³-hybridized carbons (Fsp3) is 0.400. The van der Waals surface area contributed by atoms with Gasteiger partial charge >= 0.3 is 0 Å². The summed E-state index contributed by atoms with van der Waals surface area (Å²) in [6.07, 6.45) is 0.470. The molecule has 0 spiro atoms. The SMILES string of the molecule is CCC(c1ccccc1)C(O)c1ccc(C(C)(C)C)cc1. The van der Waals surface area contributed by atoms with Gasteiger partial charge < -0.3 is 5.11 Å². The van der Waals surface area contributed by atoms with E-state index in [4.69, 9.17) is 0 Å². The molecule has 0 saturated heterocycles. The van der Waals surface area contributed by atoms with Crippen molar-refractivity contribution in [2.75, 3.05) is 0 Å². The van der Waals surface area contributed by atoms with E-state index in [2.05, 4.69) is 64.1 Å². The highest BCUT2D eigenvalue weighted by atomic mass is 16.3. The first-order valence-electron chi connectivity index (χ1n) is 7.77. The smallest absolute Gasteiger partial charge is 0.0858 e. The Morgan fingerprint density at radius 2 is 1.43 bits per heavy atom. The third kappa shape index (κ3) is 3.74. The van der Waals surface area contributed by atoms with Crippen LogP contribution >= 0.6 is 0 Å². The van der Waals surface area contributed by atoms with E-state index in [0.717, 1.165) is 12.0 Å². The van der Waals surface area contributed by atoms with Gasteiger partial charge in [-0.25, -0.2) is 0 Å². The molecule has 0 aromatic heterocycles. The highest BCUT2D eigenvalue weighted by molar-refractivity contribution is 5.31. The summed E-state index contributed by atoms with van der Waals surface area (Å²) in [5.74, 6) is 0.145. The van der Waals surface area contributed by atoms with Crippen molar-refractivity contribution in [3.05, 3.63) is 71.3 Å². The van der Waals surface area contributed by atoms with E-state index in [1.165, 1.54) is 11.1 Å². The Kier molecular flexibility index (Phi) is 4.84. The standard InChI is InChI=1S/C20H26O/c1-5-18(15-9-7-6-8-10-15)19(21)16-11-13-17(14-12-16)20(2,3)4/h6-14,18-19,21H,5H2,1-4H3. The van der Waals surface area contributed by atoms with Crippen molar-refractivity contribution < 1.29 is 5.11 Å². The second-order valence-corrected chi connectivity index (χ2v) is 6.74. The summed E-state index contributed by atoms with van der Waals surface area (Å²) in [4.78, 5) is 0. The summed E-state index contributed by atoms with van der Waals surface area (Å²) in [6.45, 7) is 8.75. The molecule has 0 heterocycles. The number of aliphatic hydroxyl groups excluding tert-OH is 1. The number of aliphatic hydroxyl groups is 1. The van der Waals surface area contributed by atoms with Gasteiger partial charge in [-0.15, -0.1) is 0 Å². The van der Waals surface area contributed by atoms with Gasteiger partial charge in [0.15, 0.2) is 0 Å². The lowest BCUT2D eigenvalue weighted by molar-refractivity contribution is 0.142. The molecule has 2 aromatic carbocycles. The van der Waals surface area contributed by atoms with Crippen LogP contribution in [0.2, 0.25) is 0 Å². The molecule has 0 aliphatic rings. The summed E-state index contributed by atoms with van der Waals surface area (Å²) < 4.78 is 0. The quantitative estimate of drug-likeness (QED) is 0.816. The van der Waals surface area contributed by atoms with E-state index in [-0.39, 0.29) is 11.3 Å². The highest BCUT2D eigenvalue weighted by Crippen LogP contribution is 2.34. The predicted octanol–water partition coefficient (Wildman–Crippen LogP) is 5.21. The number of hydrogen-bond donors (Lipinski definition) is 1. The van der Waals surface area contributed by atoms with Crippen molar-refractivity contribution in [3.8, 4) is 0 Å². The van der Waals surface area contributed by atoms with Crippen LogP contribution in [0, 0.1) is 0 Å². The van der Waals surface area contributed by atoms with Gasteiger partial charge in [-0.3, -0.25) is 0 Å². The third-order valence-electron chi connectivity index (χ3n) is 4.17. The van der Waals surface area contributed by atoms with Gasteiger partial charge in [-0.2, -0.15) is 0 Å². The molecule has 0 aliphatic carbocycles. The lowest BCUT2D eigenvalue weighted by Gasteiger charge is -2.24. The minimum Gasteiger partial charge on any atom is -0.388 e. The molecule has 2 atom stereocenters. The topological polar surface area (TPSA) is 20.2 Å². The second kappa shape index (κ2) is 6.44. The zero-order valence-electron chi connectivity index (χ0n) is 13.5. The maximum atomic E-state index is 10.7. The van der Waals surface area contributed by atoms with Crippen molar-refractivity contribution in [2.24, 2.45) is 0 Å². The average Bonchev–Trinajstić information content (AvgIpc) is 2.48. The monoisotopic (exact) mass is 282 g/mol. The van der Waals surface area contributed by atoms with Crippen LogP contribution in [0.15, 0.2) is 54.6 Å². The molecule has 2 unspecified atom stereocenters. The zero-order chi connectivity index (χ0) is 15.5. The van der Waals surface area contributed by atoms with Crippen LogP contribution in [0.1, 0.15) is 62.8 Å². The third-order valence-corrected chi connectivity index (χ3v) is 4.17. The Morgan fingerprint density at radius 1 is 0.857 bits per heavy atom. The van der Waals surface area contributed by atoms with Crippen molar-refractivity contribution in [1.82, 2.24) is 0 Å². The molecule has 0 aliphatic heterocycles. The Balaban J connectivity index is 2.24. The van der Waals surface area contributed by atoms with Crippen molar-refractivity contribution in [2.45, 2.75) is 51.6 Å². The summed E-state index contributed by atoms with van der Waals surface area (Å²) >= 11 is 0. The molecule has 0 fully saturated rings. The van der Waals surface area contributed by atoms with Gasteiger partial charge in [0.1, 0.15) is 0 Å². The van der Waals surface area contributed by atoms with E-state index in [1.807, 2.05) is 18.2 Å². The fourth-order valence-electron chi connectivity index (χ4n) is 2.75. The summed E-state index contributed by atoms with van der Waals surface area (Å²) in [5, 5.41) is 10.7. The lowest BCUT2D eigenvalue weighted by Crippen LogP contribution is -2.13. The fourth-order valence-corrected chi connectivity index (χ4v) is 2.75. The van der Waals surface area contributed by atoms with Gasteiger partial charge in [-0.05, 0) is 28.5 Å². The van der Waals surface area contributed by atoms with Gasteiger partial charge in [0.2, 0.25) is 0 Å². The van der Waals surface area contributed by atoms with E-state index in [9.17, 15) is 5.11 Å². The molecule has 1 nitrogen and oxygen atoms in total. The van der Waals surface area contributed by atoms with Gasteiger partial charge in [0.25, 0.3) is 0 Å². The van der Waals surface area contributed by atoms with Crippen LogP contribution in [0.5, 0.6) is 0 Å². The first-order valence-corrected chi connectivity index (χ1v) is 7.77. The van der Waals surface area contributed by atoms with E-state index >= 15 is 0 Å². The van der Waals surface area contributed by atoms with E-state index < -0.39 is 6.10 Å². The normalized spacial score (nSPS) is 14.7. The largest absolute Gasteiger partial charge is 0.388 e. The van der Waals surface area contributed by atoms with Crippen molar-refractivity contribution in [1.29, 1.82) is 0 Å². The molecular formula is C20H26O. The Labute approximate surface area is 128 Å². The maximum absolute atomic E-state index is 10.7. The van der Waals surface area contributed by atoms with Crippen LogP contribution in [0.3, 0.4) is 0 Å². The molecule has 1 heteroatoms.